The van der Waals surface area contributed by atoms with Gasteiger partial charge < -0.3 is 14.5 Å². The van der Waals surface area contributed by atoms with Crippen LogP contribution in [0, 0.1) is 6.92 Å². The number of ether oxygens (including phenoxy) is 1. The maximum atomic E-state index is 11.7. The van der Waals surface area contributed by atoms with Crippen LogP contribution in [-0.4, -0.2) is 29.8 Å². The van der Waals surface area contributed by atoms with Crippen molar-refractivity contribution in [3.63, 3.8) is 0 Å². The van der Waals surface area contributed by atoms with E-state index < -0.39 is 0 Å². The Bertz CT molecular complexity index is 695. The molecule has 6 heteroatoms. The number of hydrogen-bond donors (Lipinski definition) is 1. The van der Waals surface area contributed by atoms with Crippen molar-refractivity contribution in [2.45, 2.75) is 31.6 Å². The first-order valence-corrected chi connectivity index (χ1v) is 8.79. The van der Waals surface area contributed by atoms with Crippen LogP contribution >= 0.6 is 11.8 Å². The molecule has 0 bridgehead atoms. The fourth-order valence-electron chi connectivity index (χ4n) is 2.18. The van der Waals surface area contributed by atoms with Gasteiger partial charge in [0.25, 0.3) is 0 Å². The summed E-state index contributed by atoms with van der Waals surface area (Å²) in [5, 5.41) is 2.98. The molecule has 0 aliphatic heterocycles. The first-order valence-electron chi connectivity index (χ1n) is 7.63. The van der Waals surface area contributed by atoms with Gasteiger partial charge in [-0.3, -0.25) is 4.79 Å². The van der Waals surface area contributed by atoms with E-state index in [0.29, 0.717) is 23.4 Å². The zero-order chi connectivity index (χ0) is 16.2. The molecule has 5 nitrogen and oxygen atoms in total. The number of amides is 1. The van der Waals surface area contributed by atoms with Crippen LogP contribution in [0.5, 0.6) is 5.75 Å². The molecule has 1 heterocycles. The Hall–Kier alpha value is -1.95. The molecule has 1 aliphatic carbocycles. The van der Waals surface area contributed by atoms with Gasteiger partial charge in [-0.15, -0.1) is 11.8 Å². The first kappa shape index (κ1) is 15.9. The van der Waals surface area contributed by atoms with Gasteiger partial charge in [-0.1, -0.05) is 6.07 Å². The number of oxazole rings is 1. The smallest absolute Gasteiger partial charge is 0.230 e. The van der Waals surface area contributed by atoms with Gasteiger partial charge in [0.2, 0.25) is 11.8 Å². The minimum Gasteiger partial charge on any atom is -0.497 e. The van der Waals surface area contributed by atoms with Crippen LogP contribution in [0.25, 0.3) is 11.5 Å². The lowest BCUT2D eigenvalue weighted by Gasteiger charge is -2.02. The molecule has 2 aromatic rings. The summed E-state index contributed by atoms with van der Waals surface area (Å²) in [4.78, 5) is 16.2. The number of rotatable bonds is 7. The molecule has 1 aromatic heterocycles. The Balaban J connectivity index is 1.60. The van der Waals surface area contributed by atoms with Crippen molar-refractivity contribution in [2.24, 2.45) is 0 Å². The summed E-state index contributed by atoms with van der Waals surface area (Å²) in [6, 6.07) is 8.04. The third kappa shape index (κ3) is 4.28. The summed E-state index contributed by atoms with van der Waals surface area (Å²) in [5.74, 6) is 3.37. The van der Waals surface area contributed by atoms with E-state index in [1.54, 1.807) is 18.9 Å². The lowest BCUT2D eigenvalue weighted by atomic mass is 10.2. The minimum atomic E-state index is 0.103. The molecule has 0 saturated heterocycles. The quantitative estimate of drug-likeness (QED) is 0.844. The van der Waals surface area contributed by atoms with Crippen LogP contribution < -0.4 is 10.1 Å². The third-order valence-corrected chi connectivity index (χ3v) is 4.57. The average Bonchev–Trinajstić information content (AvgIpc) is 3.29. The van der Waals surface area contributed by atoms with E-state index in [0.717, 1.165) is 35.6 Å². The summed E-state index contributed by atoms with van der Waals surface area (Å²) in [6.07, 6.45) is 2.23. The van der Waals surface area contributed by atoms with Crippen LogP contribution in [-0.2, 0) is 10.5 Å². The van der Waals surface area contributed by atoms with Crippen LogP contribution in [0.2, 0.25) is 0 Å². The summed E-state index contributed by atoms with van der Waals surface area (Å²) in [7, 11) is 1.63. The number of methoxy groups -OCH3 is 1. The van der Waals surface area contributed by atoms with E-state index in [4.69, 9.17) is 9.15 Å². The average molecular weight is 332 g/mol. The van der Waals surface area contributed by atoms with Gasteiger partial charge >= 0.3 is 0 Å². The van der Waals surface area contributed by atoms with Crippen LogP contribution in [0.15, 0.2) is 28.7 Å². The highest BCUT2D eigenvalue weighted by atomic mass is 32.2. The summed E-state index contributed by atoms with van der Waals surface area (Å²) in [5.41, 5.74) is 1.77. The van der Waals surface area contributed by atoms with Gasteiger partial charge in [-0.05, 0) is 38.0 Å². The number of aromatic nitrogens is 1. The summed E-state index contributed by atoms with van der Waals surface area (Å²) >= 11 is 1.56. The Morgan fingerprint density at radius 1 is 1.48 bits per heavy atom. The van der Waals surface area contributed by atoms with Crippen molar-refractivity contribution < 1.29 is 13.9 Å². The Labute approximate surface area is 139 Å². The number of benzene rings is 1. The Morgan fingerprint density at radius 2 is 2.30 bits per heavy atom. The predicted molar refractivity (Wildman–Crippen MR) is 90.6 cm³/mol. The lowest BCUT2D eigenvalue weighted by molar-refractivity contribution is -0.118. The van der Waals surface area contributed by atoms with Crippen molar-refractivity contribution in [1.82, 2.24) is 10.3 Å². The second-order valence-corrected chi connectivity index (χ2v) is 6.57. The van der Waals surface area contributed by atoms with Crippen molar-refractivity contribution in [3.8, 4) is 17.2 Å². The van der Waals surface area contributed by atoms with E-state index >= 15 is 0 Å². The zero-order valence-electron chi connectivity index (χ0n) is 13.3. The van der Waals surface area contributed by atoms with Gasteiger partial charge in [0.05, 0.1) is 18.6 Å². The summed E-state index contributed by atoms with van der Waals surface area (Å²) in [6.45, 7) is 1.90. The molecule has 0 spiro atoms. The topological polar surface area (TPSA) is 64.4 Å². The Morgan fingerprint density at radius 3 is 3.04 bits per heavy atom. The molecular formula is C17H20N2O3S. The molecule has 1 aliphatic rings. The number of carbonyl (C=O) groups is 1. The van der Waals surface area contributed by atoms with Gasteiger partial charge in [-0.25, -0.2) is 4.98 Å². The molecule has 0 radical (unpaired) electrons. The highest BCUT2D eigenvalue weighted by Gasteiger charge is 2.23. The highest BCUT2D eigenvalue weighted by molar-refractivity contribution is 7.99. The molecule has 1 fully saturated rings. The minimum absolute atomic E-state index is 0.103. The molecule has 122 valence electrons. The van der Waals surface area contributed by atoms with E-state index in [2.05, 4.69) is 10.3 Å². The molecule has 1 aromatic carbocycles. The second-order valence-electron chi connectivity index (χ2n) is 5.59. The monoisotopic (exact) mass is 332 g/mol. The maximum absolute atomic E-state index is 11.7. The SMILES string of the molecule is COc1cccc(-c2nc(CSCC(=O)NC3CC3)c(C)o2)c1. The van der Waals surface area contributed by atoms with Gasteiger partial charge in [0.15, 0.2) is 0 Å². The first-order chi connectivity index (χ1) is 11.2. The Kier molecular flexibility index (Phi) is 4.91. The van der Waals surface area contributed by atoms with Gasteiger partial charge in [0, 0.05) is 17.4 Å². The summed E-state index contributed by atoms with van der Waals surface area (Å²) < 4.78 is 11.0. The van der Waals surface area contributed by atoms with Crippen LogP contribution in [0.4, 0.5) is 0 Å². The number of nitrogens with one attached hydrogen (secondary N) is 1. The van der Waals surface area contributed by atoms with Crippen molar-refractivity contribution in [1.29, 1.82) is 0 Å². The van der Waals surface area contributed by atoms with Crippen LogP contribution in [0.3, 0.4) is 0 Å². The number of thioether (sulfide) groups is 1. The number of hydrogen-bond acceptors (Lipinski definition) is 5. The predicted octanol–water partition coefficient (Wildman–Crippen LogP) is 3.17. The normalized spacial score (nSPS) is 13.8. The van der Waals surface area contributed by atoms with E-state index in [9.17, 15) is 4.79 Å². The highest BCUT2D eigenvalue weighted by Crippen LogP contribution is 2.27. The molecule has 3 rings (SSSR count). The third-order valence-electron chi connectivity index (χ3n) is 3.62. The molecule has 1 amide bonds. The van der Waals surface area contributed by atoms with E-state index in [-0.39, 0.29) is 5.91 Å². The molecule has 23 heavy (non-hydrogen) atoms. The fourth-order valence-corrected chi connectivity index (χ4v) is 3.01. The standard InChI is InChI=1S/C17H20N2O3S/c1-11-15(9-23-10-16(20)18-13-6-7-13)19-17(22-11)12-4-3-5-14(8-12)21-2/h3-5,8,13H,6-7,9-10H2,1-2H3,(H,18,20). The van der Waals surface area contributed by atoms with Gasteiger partial charge in [0.1, 0.15) is 11.5 Å². The second kappa shape index (κ2) is 7.08. The number of carbonyl (C=O) groups excluding carboxylic acids is 1. The van der Waals surface area contributed by atoms with Gasteiger partial charge in [-0.2, -0.15) is 0 Å². The number of aryl methyl sites for hydroxylation is 1. The maximum Gasteiger partial charge on any atom is 0.230 e. The molecule has 0 atom stereocenters. The van der Waals surface area contributed by atoms with Crippen molar-refractivity contribution >= 4 is 17.7 Å². The van der Waals surface area contributed by atoms with Crippen molar-refractivity contribution in [2.75, 3.05) is 12.9 Å². The fraction of sp³-hybridized carbons (Fsp3) is 0.412. The van der Waals surface area contributed by atoms with Crippen LogP contribution in [0.1, 0.15) is 24.3 Å². The van der Waals surface area contributed by atoms with E-state index in [1.807, 2.05) is 31.2 Å². The van der Waals surface area contributed by atoms with Crippen molar-refractivity contribution in [3.05, 3.63) is 35.7 Å². The van der Waals surface area contributed by atoms with E-state index in [1.165, 1.54) is 0 Å². The largest absolute Gasteiger partial charge is 0.497 e. The molecular weight excluding hydrogens is 312 g/mol. The molecule has 1 saturated carbocycles. The molecule has 1 N–H and O–H groups in total. The lowest BCUT2D eigenvalue weighted by Crippen LogP contribution is -2.27. The number of nitrogens with zero attached hydrogens (tertiary/aromatic N) is 1. The zero-order valence-corrected chi connectivity index (χ0v) is 14.1. The molecule has 0 unspecified atom stereocenters.